The Balaban J connectivity index is 1.67. The van der Waals surface area contributed by atoms with Crippen LogP contribution in [0, 0.1) is 13.8 Å². The minimum absolute atomic E-state index is 0.520. The predicted octanol–water partition coefficient (Wildman–Crippen LogP) is 2.87. The fraction of sp³-hybridized carbons (Fsp3) is 0.538. The summed E-state index contributed by atoms with van der Waals surface area (Å²) in [6, 6.07) is 0. The van der Waals surface area contributed by atoms with Gasteiger partial charge >= 0.3 is 0 Å². The number of hydrogen-bond acceptors (Lipinski definition) is 4. The monoisotopic (exact) mass is 263 g/mol. The number of hydrogen-bond donors (Lipinski definition) is 0. The van der Waals surface area contributed by atoms with Crippen LogP contribution in [0.3, 0.4) is 0 Å². The van der Waals surface area contributed by atoms with Crippen molar-refractivity contribution in [3.05, 3.63) is 28.3 Å². The van der Waals surface area contributed by atoms with Crippen molar-refractivity contribution >= 4 is 11.3 Å². The standard InChI is InChI=1S/C13H17N3OS/c1-9-10(2)18-13(14-9)17-8-11-7-16-6-4-3-5-12(16)15-11/h7H,3-6,8H2,1-2H3. The van der Waals surface area contributed by atoms with Gasteiger partial charge in [-0.05, 0) is 26.7 Å². The highest BCUT2D eigenvalue weighted by atomic mass is 32.1. The van der Waals surface area contributed by atoms with Crippen molar-refractivity contribution in [3.8, 4) is 5.19 Å². The third-order valence-corrected chi connectivity index (χ3v) is 4.30. The first kappa shape index (κ1) is 11.7. The van der Waals surface area contributed by atoms with Gasteiger partial charge in [0.1, 0.15) is 12.4 Å². The first-order valence-electron chi connectivity index (χ1n) is 6.34. The van der Waals surface area contributed by atoms with Crippen LogP contribution in [0.4, 0.5) is 0 Å². The smallest absolute Gasteiger partial charge is 0.274 e. The largest absolute Gasteiger partial charge is 0.463 e. The molecule has 0 bridgehead atoms. The summed E-state index contributed by atoms with van der Waals surface area (Å²) in [7, 11) is 0. The molecule has 2 aromatic rings. The molecule has 1 aliphatic rings. The van der Waals surface area contributed by atoms with Gasteiger partial charge < -0.3 is 9.30 Å². The van der Waals surface area contributed by atoms with Crippen LogP contribution < -0.4 is 4.74 Å². The summed E-state index contributed by atoms with van der Waals surface area (Å²) in [5.74, 6) is 1.20. The second kappa shape index (κ2) is 4.72. The van der Waals surface area contributed by atoms with Crippen LogP contribution in [-0.4, -0.2) is 14.5 Å². The lowest BCUT2D eigenvalue weighted by molar-refractivity contribution is 0.299. The Kier molecular flexibility index (Phi) is 3.07. The molecule has 4 nitrogen and oxygen atoms in total. The van der Waals surface area contributed by atoms with Crippen molar-refractivity contribution in [2.45, 2.75) is 46.3 Å². The maximum atomic E-state index is 5.70. The SMILES string of the molecule is Cc1nc(OCc2cn3c(n2)CCCC3)sc1C. The quantitative estimate of drug-likeness (QED) is 0.855. The van der Waals surface area contributed by atoms with Crippen LogP contribution in [0.15, 0.2) is 6.20 Å². The second-order valence-electron chi connectivity index (χ2n) is 4.71. The van der Waals surface area contributed by atoms with Gasteiger partial charge in [0.25, 0.3) is 5.19 Å². The number of imidazole rings is 1. The van der Waals surface area contributed by atoms with Crippen LogP contribution >= 0.6 is 11.3 Å². The molecule has 1 aliphatic heterocycles. The van der Waals surface area contributed by atoms with E-state index in [4.69, 9.17) is 4.74 Å². The highest BCUT2D eigenvalue weighted by molar-refractivity contribution is 7.13. The van der Waals surface area contributed by atoms with E-state index >= 15 is 0 Å². The Hall–Kier alpha value is -1.36. The Morgan fingerprint density at radius 2 is 2.22 bits per heavy atom. The van der Waals surface area contributed by atoms with Crippen molar-refractivity contribution in [1.82, 2.24) is 14.5 Å². The summed E-state index contributed by atoms with van der Waals surface area (Å²) >= 11 is 1.60. The zero-order valence-corrected chi connectivity index (χ0v) is 11.6. The minimum atomic E-state index is 0.520. The predicted molar refractivity (Wildman–Crippen MR) is 71.1 cm³/mol. The number of rotatable bonds is 3. The molecule has 0 unspecified atom stereocenters. The molecule has 0 atom stereocenters. The van der Waals surface area contributed by atoms with Crippen LogP contribution in [-0.2, 0) is 19.6 Å². The van der Waals surface area contributed by atoms with Crippen molar-refractivity contribution in [1.29, 1.82) is 0 Å². The van der Waals surface area contributed by atoms with Gasteiger partial charge in [-0.15, -0.1) is 0 Å². The maximum Gasteiger partial charge on any atom is 0.274 e. The average Bonchev–Trinajstić information content (AvgIpc) is 2.91. The molecular weight excluding hydrogens is 246 g/mol. The lowest BCUT2D eigenvalue weighted by Crippen LogP contribution is -2.08. The zero-order chi connectivity index (χ0) is 12.5. The van der Waals surface area contributed by atoms with Crippen LogP contribution in [0.5, 0.6) is 5.19 Å². The topological polar surface area (TPSA) is 39.9 Å². The van der Waals surface area contributed by atoms with Gasteiger partial charge in [0.05, 0.1) is 11.4 Å². The molecule has 18 heavy (non-hydrogen) atoms. The fourth-order valence-electron chi connectivity index (χ4n) is 2.18. The average molecular weight is 263 g/mol. The zero-order valence-electron chi connectivity index (χ0n) is 10.8. The van der Waals surface area contributed by atoms with E-state index in [1.807, 2.05) is 6.92 Å². The Morgan fingerprint density at radius 1 is 1.33 bits per heavy atom. The molecule has 3 rings (SSSR count). The molecule has 0 aromatic carbocycles. The molecule has 0 aliphatic carbocycles. The lowest BCUT2D eigenvalue weighted by atomic mass is 10.2. The fourth-order valence-corrected chi connectivity index (χ4v) is 2.94. The molecule has 96 valence electrons. The van der Waals surface area contributed by atoms with Gasteiger partial charge in [0.15, 0.2) is 0 Å². The highest BCUT2D eigenvalue weighted by Gasteiger charge is 2.13. The maximum absolute atomic E-state index is 5.70. The number of aromatic nitrogens is 3. The van der Waals surface area contributed by atoms with E-state index in [0.717, 1.165) is 29.5 Å². The summed E-state index contributed by atoms with van der Waals surface area (Å²) in [5.41, 5.74) is 2.07. The van der Waals surface area contributed by atoms with E-state index in [0.29, 0.717) is 6.61 Å². The Bertz CT molecular complexity index is 516. The van der Waals surface area contributed by atoms with Crippen molar-refractivity contribution in [2.24, 2.45) is 0 Å². The molecule has 5 heteroatoms. The molecule has 0 saturated carbocycles. The molecule has 0 fully saturated rings. The molecule has 2 aromatic heterocycles. The summed E-state index contributed by atoms with van der Waals surface area (Å²) in [6.45, 7) is 5.69. The molecule has 0 amide bonds. The Labute approximate surface area is 111 Å². The molecule has 0 N–H and O–H groups in total. The van der Waals surface area contributed by atoms with E-state index in [2.05, 4.69) is 27.7 Å². The summed E-state index contributed by atoms with van der Waals surface area (Å²) in [6.07, 6.45) is 5.72. The first-order chi connectivity index (χ1) is 8.72. The normalized spacial score (nSPS) is 14.6. The Morgan fingerprint density at radius 3 is 2.94 bits per heavy atom. The second-order valence-corrected chi connectivity index (χ2v) is 5.87. The van der Waals surface area contributed by atoms with Gasteiger partial charge in [-0.25, -0.2) is 9.97 Å². The van der Waals surface area contributed by atoms with E-state index < -0.39 is 0 Å². The van der Waals surface area contributed by atoms with E-state index in [-0.39, 0.29) is 0 Å². The van der Waals surface area contributed by atoms with Gasteiger partial charge in [-0.2, -0.15) is 0 Å². The van der Waals surface area contributed by atoms with E-state index in [1.54, 1.807) is 11.3 Å². The third kappa shape index (κ3) is 2.27. The molecule has 3 heterocycles. The molecular formula is C13H17N3OS. The van der Waals surface area contributed by atoms with E-state index in [1.165, 1.54) is 23.5 Å². The van der Waals surface area contributed by atoms with Crippen LogP contribution in [0.25, 0.3) is 0 Å². The number of fused-ring (bicyclic) bond motifs is 1. The first-order valence-corrected chi connectivity index (χ1v) is 7.16. The minimum Gasteiger partial charge on any atom is -0.463 e. The highest BCUT2D eigenvalue weighted by Crippen LogP contribution is 2.24. The lowest BCUT2D eigenvalue weighted by Gasteiger charge is -2.11. The summed E-state index contributed by atoms with van der Waals surface area (Å²) in [4.78, 5) is 10.2. The van der Waals surface area contributed by atoms with Crippen molar-refractivity contribution in [3.63, 3.8) is 0 Å². The van der Waals surface area contributed by atoms with Crippen LogP contribution in [0.1, 0.15) is 34.9 Å². The third-order valence-electron chi connectivity index (χ3n) is 3.31. The van der Waals surface area contributed by atoms with Gasteiger partial charge in [-0.3, -0.25) is 0 Å². The van der Waals surface area contributed by atoms with Gasteiger partial charge in [0.2, 0.25) is 0 Å². The molecule has 0 saturated heterocycles. The van der Waals surface area contributed by atoms with Crippen molar-refractivity contribution < 1.29 is 4.74 Å². The number of ether oxygens (including phenoxy) is 1. The van der Waals surface area contributed by atoms with Gasteiger partial charge in [0, 0.05) is 24.0 Å². The van der Waals surface area contributed by atoms with Gasteiger partial charge in [-0.1, -0.05) is 11.3 Å². The molecule has 0 radical (unpaired) electrons. The van der Waals surface area contributed by atoms with E-state index in [9.17, 15) is 0 Å². The summed E-state index contributed by atoms with van der Waals surface area (Å²) < 4.78 is 7.95. The number of aryl methyl sites for hydroxylation is 4. The van der Waals surface area contributed by atoms with Crippen LogP contribution in [0.2, 0.25) is 0 Å². The summed E-state index contributed by atoms with van der Waals surface area (Å²) in [5, 5.41) is 0.746. The van der Waals surface area contributed by atoms with Crippen molar-refractivity contribution in [2.75, 3.05) is 0 Å². The number of thiazole rings is 1. The molecule has 0 spiro atoms. The number of nitrogens with zero attached hydrogens (tertiary/aromatic N) is 3.